The molecule has 0 saturated heterocycles. The summed E-state index contributed by atoms with van der Waals surface area (Å²) in [6, 6.07) is 0. The van der Waals surface area contributed by atoms with Gasteiger partial charge in [0.05, 0.1) is 18.2 Å². The van der Waals surface area contributed by atoms with E-state index < -0.39 is 5.41 Å². The SMILES string of the molecule is CCOC(=O)C(C)(CN)CCc1cnn(C)c1. The van der Waals surface area contributed by atoms with Crippen LogP contribution in [0.25, 0.3) is 0 Å². The maximum atomic E-state index is 11.8. The fraction of sp³-hybridized carbons (Fsp3) is 0.667. The summed E-state index contributed by atoms with van der Waals surface area (Å²) in [6.45, 7) is 4.34. The summed E-state index contributed by atoms with van der Waals surface area (Å²) in [5.41, 5.74) is 6.19. The number of aryl methyl sites for hydroxylation is 2. The van der Waals surface area contributed by atoms with Crippen molar-refractivity contribution in [3.8, 4) is 0 Å². The van der Waals surface area contributed by atoms with Crippen LogP contribution in [0.5, 0.6) is 0 Å². The van der Waals surface area contributed by atoms with Gasteiger partial charge in [0, 0.05) is 19.8 Å². The summed E-state index contributed by atoms with van der Waals surface area (Å²) in [7, 11) is 1.87. The third-order valence-electron chi connectivity index (χ3n) is 2.94. The van der Waals surface area contributed by atoms with Gasteiger partial charge in [0.2, 0.25) is 0 Å². The molecule has 0 amide bonds. The molecule has 0 aliphatic rings. The second-order valence-electron chi connectivity index (χ2n) is 4.51. The van der Waals surface area contributed by atoms with Crippen LogP contribution < -0.4 is 5.73 Å². The van der Waals surface area contributed by atoms with E-state index in [2.05, 4.69) is 5.10 Å². The fourth-order valence-electron chi connectivity index (χ4n) is 1.61. The maximum Gasteiger partial charge on any atom is 0.313 e. The van der Waals surface area contributed by atoms with Gasteiger partial charge >= 0.3 is 5.97 Å². The smallest absolute Gasteiger partial charge is 0.313 e. The highest BCUT2D eigenvalue weighted by molar-refractivity contribution is 5.76. The first kappa shape index (κ1) is 13.7. The lowest BCUT2D eigenvalue weighted by Gasteiger charge is -2.25. The minimum absolute atomic E-state index is 0.216. The van der Waals surface area contributed by atoms with E-state index in [1.54, 1.807) is 11.6 Å². The van der Waals surface area contributed by atoms with Crippen LogP contribution in [-0.4, -0.2) is 28.9 Å². The van der Waals surface area contributed by atoms with Gasteiger partial charge in [-0.05, 0) is 32.3 Å². The molecule has 1 aromatic heterocycles. The Morgan fingerprint density at radius 2 is 2.35 bits per heavy atom. The number of esters is 1. The Morgan fingerprint density at radius 3 is 2.82 bits per heavy atom. The molecule has 5 heteroatoms. The minimum atomic E-state index is -0.605. The average molecular weight is 239 g/mol. The standard InChI is InChI=1S/C12H21N3O2/c1-4-17-11(16)12(2,9-13)6-5-10-7-14-15(3)8-10/h7-8H,4-6,9,13H2,1-3H3. The molecule has 2 N–H and O–H groups in total. The van der Waals surface area contributed by atoms with Crippen LogP contribution in [0, 0.1) is 5.41 Å². The van der Waals surface area contributed by atoms with Gasteiger partial charge in [-0.25, -0.2) is 0 Å². The van der Waals surface area contributed by atoms with E-state index in [4.69, 9.17) is 10.5 Å². The molecule has 1 aromatic rings. The van der Waals surface area contributed by atoms with Crippen LogP contribution in [0.3, 0.4) is 0 Å². The highest BCUT2D eigenvalue weighted by atomic mass is 16.5. The number of aromatic nitrogens is 2. The zero-order valence-corrected chi connectivity index (χ0v) is 10.8. The van der Waals surface area contributed by atoms with Crippen molar-refractivity contribution in [3.05, 3.63) is 18.0 Å². The van der Waals surface area contributed by atoms with Crippen molar-refractivity contribution >= 4 is 5.97 Å². The predicted molar refractivity (Wildman–Crippen MR) is 65.3 cm³/mol. The van der Waals surface area contributed by atoms with E-state index in [0.29, 0.717) is 19.6 Å². The Morgan fingerprint density at radius 1 is 1.65 bits per heavy atom. The third-order valence-corrected chi connectivity index (χ3v) is 2.94. The number of carbonyl (C=O) groups is 1. The fourth-order valence-corrected chi connectivity index (χ4v) is 1.61. The predicted octanol–water partition coefficient (Wildman–Crippen LogP) is 0.881. The molecule has 0 saturated carbocycles. The highest BCUT2D eigenvalue weighted by Gasteiger charge is 2.32. The number of hydrogen-bond donors (Lipinski definition) is 1. The maximum absolute atomic E-state index is 11.8. The molecule has 1 heterocycles. The number of ether oxygens (including phenoxy) is 1. The Hall–Kier alpha value is -1.36. The molecular weight excluding hydrogens is 218 g/mol. The third kappa shape index (κ3) is 3.56. The van der Waals surface area contributed by atoms with E-state index in [1.807, 2.05) is 26.4 Å². The Labute approximate surface area is 102 Å². The molecular formula is C12H21N3O2. The number of carbonyl (C=O) groups excluding carboxylic acids is 1. The van der Waals surface area contributed by atoms with Gasteiger partial charge in [-0.2, -0.15) is 5.10 Å². The molecule has 96 valence electrons. The second kappa shape index (κ2) is 5.82. The quantitative estimate of drug-likeness (QED) is 0.748. The van der Waals surface area contributed by atoms with E-state index in [9.17, 15) is 4.79 Å². The molecule has 1 rings (SSSR count). The molecule has 1 unspecified atom stereocenters. The van der Waals surface area contributed by atoms with E-state index in [-0.39, 0.29) is 5.97 Å². The molecule has 0 fully saturated rings. The van der Waals surface area contributed by atoms with Crippen LogP contribution in [0.1, 0.15) is 25.8 Å². The lowest BCUT2D eigenvalue weighted by atomic mass is 9.84. The topological polar surface area (TPSA) is 70.1 Å². The van der Waals surface area contributed by atoms with Crippen LogP contribution in [0.15, 0.2) is 12.4 Å². The van der Waals surface area contributed by atoms with Crippen molar-refractivity contribution in [2.45, 2.75) is 26.7 Å². The summed E-state index contributed by atoms with van der Waals surface area (Å²) in [5.74, 6) is -0.216. The van der Waals surface area contributed by atoms with Gasteiger partial charge in [-0.3, -0.25) is 9.48 Å². The van der Waals surface area contributed by atoms with Gasteiger partial charge in [0.15, 0.2) is 0 Å². The molecule has 5 nitrogen and oxygen atoms in total. The first-order valence-corrected chi connectivity index (χ1v) is 5.86. The molecule has 0 aliphatic carbocycles. The summed E-state index contributed by atoms with van der Waals surface area (Å²) in [5, 5.41) is 4.09. The molecule has 0 aromatic carbocycles. The van der Waals surface area contributed by atoms with Crippen molar-refractivity contribution in [3.63, 3.8) is 0 Å². The van der Waals surface area contributed by atoms with E-state index >= 15 is 0 Å². The van der Waals surface area contributed by atoms with Crippen molar-refractivity contribution in [2.75, 3.05) is 13.2 Å². The summed E-state index contributed by atoms with van der Waals surface area (Å²) in [6.07, 6.45) is 5.21. The minimum Gasteiger partial charge on any atom is -0.466 e. The highest BCUT2D eigenvalue weighted by Crippen LogP contribution is 2.24. The van der Waals surface area contributed by atoms with E-state index in [1.165, 1.54) is 0 Å². The van der Waals surface area contributed by atoms with Crippen LogP contribution in [0.4, 0.5) is 0 Å². The van der Waals surface area contributed by atoms with Gasteiger partial charge in [0.1, 0.15) is 0 Å². The van der Waals surface area contributed by atoms with Crippen LogP contribution >= 0.6 is 0 Å². The van der Waals surface area contributed by atoms with Crippen molar-refractivity contribution in [1.29, 1.82) is 0 Å². The first-order chi connectivity index (χ1) is 8.01. The van der Waals surface area contributed by atoms with Gasteiger partial charge in [0.25, 0.3) is 0 Å². The summed E-state index contributed by atoms with van der Waals surface area (Å²) in [4.78, 5) is 11.8. The van der Waals surface area contributed by atoms with Crippen molar-refractivity contribution < 1.29 is 9.53 Å². The number of hydrogen-bond acceptors (Lipinski definition) is 4. The molecule has 0 radical (unpaired) electrons. The summed E-state index contributed by atoms with van der Waals surface area (Å²) >= 11 is 0. The number of nitrogens with two attached hydrogens (primary N) is 1. The largest absolute Gasteiger partial charge is 0.466 e. The van der Waals surface area contributed by atoms with Crippen molar-refractivity contribution in [2.24, 2.45) is 18.2 Å². The first-order valence-electron chi connectivity index (χ1n) is 5.86. The van der Waals surface area contributed by atoms with Crippen molar-refractivity contribution in [1.82, 2.24) is 9.78 Å². The Balaban J connectivity index is 2.59. The molecule has 1 atom stereocenters. The molecule has 0 spiro atoms. The molecule has 17 heavy (non-hydrogen) atoms. The number of nitrogens with zero attached hydrogens (tertiary/aromatic N) is 2. The zero-order chi connectivity index (χ0) is 12.9. The van der Waals surface area contributed by atoms with Crippen LogP contribution in [0.2, 0.25) is 0 Å². The second-order valence-corrected chi connectivity index (χ2v) is 4.51. The van der Waals surface area contributed by atoms with Gasteiger partial charge in [-0.1, -0.05) is 0 Å². The normalized spacial score (nSPS) is 14.4. The Bertz CT molecular complexity index is 376. The van der Waals surface area contributed by atoms with Gasteiger partial charge in [-0.15, -0.1) is 0 Å². The molecule has 0 bridgehead atoms. The van der Waals surface area contributed by atoms with E-state index in [0.717, 1.165) is 12.0 Å². The van der Waals surface area contributed by atoms with Gasteiger partial charge < -0.3 is 10.5 Å². The number of rotatable bonds is 6. The zero-order valence-electron chi connectivity index (χ0n) is 10.8. The Kier molecular flexibility index (Phi) is 4.69. The van der Waals surface area contributed by atoms with Crippen LogP contribution in [-0.2, 0) is 23.0 Å². The average Bonchev–Trinajstić information content (AvgIpc) is 2.72. The molecule has 0 aliphatic heterocycles. The monoisotopic (exact) mass is 239 g/mol. The summed E-state index contributed by atoms with van der Waals surface area (Å²) < 4.78 is 6.80. The lowest BCUT2D eigenvalue weighted by molar-refractivity contribution is -0.154. The lowest BCUT2D eigenvalue weighted by Crippen LogP contribution is -2.37.